The molecule has 2 fully saturated rings. The molecule has 0 saturated carbocycles. The number of amides is 2. The summed E-state index contributed by atoms with van der Waals surface area (Å²) in [5.41, 5.74) is 1.99. The van der Waals surface area contributed by atoms with Gasteiger partial charge in [-0.3, -0.25) is 9.59 Å². The fourth-order valence-electron chi connectivity index (χ4n) is 3.87. The maximum absolute atomic E-state index is 13.2. The molecule has 0 bridgehead atoms. The normalized spacial score (nSPS) is 21.6. The quantitative estimate of drug-likeness (QED) is 0.805. The number of anilines is 1. The third-order valence-electron chi connectivity index (χ3n) is 5.35. The van der Waals surface area contributed by atoms with Crippen LogP contribution in [0.25, 0.3) is 0 Å². The maximum Gasteiger partial charge on any atom is 0.292 e. The van der Waals surface area contributed by atoms with Crippen molar-refractivity contribution >= 4 is 17.5 Å². The lowest BCUT2D eigenvalue weighted by molar-refractivity contribution is -0.256. The maximum atomic E-state index is 13.2. The highest BCUT2D eigenvalue weighted by Crippen LogP contribution is 2.45. The van der Waals surface area contributed by atoms with Crippen LogP contribution in [0.4, 0.5) is 5.69 Å². The number of hydrogen-bond acceptors (Lipinski definition) is 5. The number of fused-ring (bicyclic) bond motifs is 2. The smallest absolute Gasteiger partial charge is 0.292 e. The van der Waals surface area contributed by atoms with Crippen molar-refractivity contribution in [3.05, 3.63) is 29.3 Å². The van der Waals surface area contributed by atoms with Gasteiger partial charge < -0.3 is 24.0 Å². The van der Waals surface area contributed by atoms with Gasteiger partial charge in [0.15, 0.2) is 0 Å². The molecule has 0 radical (unpaired) electrons. The Bertz CT molecular complexity index is 723. The standard InChI is InChI=1S/C20H26N2O5/c1-2-3-7-22-17-6-5-15(18(23)21-8-12-25-13-9-21)14-16(17)20(19(22)24)26-10-4-11-27-20/h5-6,14H,2-4,7-13H2,1H3. The van der Waals surface area contributed by atoms with Crippen LogP contribution in [0, 0.1) is 0 Å². The van der Waals surface area contributed by atoms with Gasteiger partial charge in [-0.2, -0.15) is 0 Å². The average Bonchev–Trinajstić information content (AvgIpc) is 2.94. The van der Waals surface area contributed by atoms with Gasteiger partial charge in [0.05, 0.1) is 32.1 Å². The third kappa shape index (κ3) is 3.13. The second kappa shape index (κ2) is 7.58. The molecule has 2 amide bonds. The largest absolute Gasteiger partial charge is 0.378 e. The van der Waals surface area contributed by atoms with Gasteiger partial charge in [0.2, 0.25) is 0 Å². The Morgan fingerprint density at radius 2 is 1.89 bits per heavy atom. The lowest BCUT2D eigenvalue weighted by atomic mass is 10.0. The summed E-state index contributed by atoms with van der Waals surface area (Å²) in [6, 6.07) is 5.43. The van der Waals surface area contributed by atoms with Crippen LogP contribution in [0.1, 0.15) is 42.1 Å². The summed E-state index contributed by atoms with van der Waals surface area (Å²) in [5, 5.41) is 0. The van der Waals surface area contributed by atoms with Crippen molar-refractivity contribution in [2.75, 3.05) is 51.0 Å². The Morgan fingerprint density at radius 1 is 1.15 bits per heavy atom. The predicted octanol–water partition coefficient (Wildman–Crippen LogP) is 1.90. The Hall–Kier alpha value is -1.96. The van der Waals surface area contributed by atoms with Gasteiger partial charge in [0, 0.05) is 30.8 Å². The summed E-state index contributed by atoms with van der Waals surface area (Å²) in [5.74, 6) is -1.63. The van der Waals surface area contributed by atoms with Crippen molar-refractivity contribution in [3.8, 4) is 0 Å². The van der Waals surface area contributed by atoms with E-state index in [1.165, 1.54) is 0 Å². The summed E-state index contributed by atoms with van der Waals surface area (Å²) in [6.45, 7) is 5.91. The molecular formula is C20H26N2O5. The minimum Gasteiger partial charge on any atom is -0.378 e. The number of unbranched alkanes of at least 4 members (excludes halogenated alkanes) is 1. The molecule has 7 nitrogen and oxygen atoms in total. The molecule has 7 heteroatoms. The summed E-state index contributed by atoms with van der Waals surface area (Å²) >= 11 is 0. The van der Waals surface area contributed by atoms with Crippen LogP contribution < -0.4 is 4.90 Å². The lowest BCUT2D eigenvalue weighted by Crippen LogP contribution is -2.47. The van der Waals surface area contributed by atoms with Gasteiger partial charge in [-0.1, -0.05) is 13.3 Å². The fraction of sp³-hybridized carbons (Fsp3) is 0.600. The van der Waals surface area contributed by atoms with Crippen LogP contribution in [0.3, 0.4) is 0 Å². The van der Waals surface area contributed by atoms with E-state index in [9.17, 15) is 9.59 Å². The van der Waals surface area contributed by atoms with Crippen LogP contribution in [0.15, 0.2) is 18.2 Å². The minimum atomic E-state index is -1.40. The van der Waals surface area contributed by atoms with E-state index in [0.717, 1.165) is 24.9 Å². The summed E-state index contributed by atoms with van der Waals surface area (Å²) in [7, 11) is 0. The van der Waals surface area contributed by atoms with Crippen LogP contribution in [-0.4, -0.2) is 62.8 Å². The molecule has 3 aliphatic heterocycles. The van der Waals surface area contributed by atoms with Crippen molar-refractivity contribution in [1.29, 1.82) is 0 Å². The predicted molar refractivity (Wildman–Crippen MR) is 98.6 cm³/mol. The van der Waals surface area contributed by atoms with Crippen LogP contribution in [0.5, 0.6) is 0 Å². The molecule has 1 aromatic carbocycles. The Kier molecular flexibility index (Phi) is 5.16. The molecule has 27 heavy (non-hydrogen) atoms. The summed E-state index contributed by atoms with van der Waals surface area (Å²) in [4.78, 5) is 29.6. The van der Waals surface area contributed by atoms with E-state index >= 15 is 0 Å². The SMILES string of the molecule is CCCCN1C(=O)C2(OCCCO2)c2cc(C(=O)N3CCOCC3)ccc21. The van der Waals surface area contributed by atoms with Crippen LogP contribution in [0.2, 0.25) is 0 Å². The number of morpholine rings is 1. The number of hydrogen-bond donors (Lipinski definition) is 0. The molecule has 146 valence electrons. The topological polar surface area (TPSA) is 68.3 Å². The highest BCUT2D eigenvalue weighted by atomic mass is 16.7. The highest BCUT2D eigenvalue weighted by Gasteiger charge is 2.54. The highest BCUT2D eigenvalue weighted by molar-refractivity contribution is 6.07. The summed E-state index contributed by atoms with van der Waals surface area (Å²) < 4.78 is 17.1. The van der Waals surface area contributed by atoms with Crippen LogP contribution in [-0.2, 0) is 24.8 Å². The number of carbonyl (C=O) groups is 2. The van der Waals surface area contributed by atoms with E-state index in [1.54, 1.807) is 21.9 Å². The van der Waals surface area contributed by atoms with E-state index in [4.69, 9.17) is 14.2 Å². The third-order valence-corrected chi connectivity index (χ3v) is 5.35. The average molecular weight is 374 g/mol. The zero-order valence-electron chi connectivity index (χ0n) is 15.7. The van der Waals surface area contributed by atoms with Gasteiger partial charge in [-0.05, 0) is 31.0 Å². The first-order chi connectivity index (χ1) is 13.2. The zero-order chi connectivity index (χ0) is 18.9. The van der Waals surface area contributed by atoms with Gasteiger partial charge in [0.25, 0.3) is 17.6 Å². The first-order valence-electron chi connectivity index (χ1n) is 9.79. The zero-order valence-corrected chi connectivity index (χ0v) is 15.7. The van der Waals surface area contributed by atoms with E-state index in [0.29, 0.717) is 57.2 Å². The number of rotatable bonds is 4. The molecule has 1 spiro atoms. The molecule has 2 saturated heterocycles. The van der Waals surface area contributed by atoms with E-state index in [-0.39, 0.29) is 11.8 Å². The molecule has 3 aliphatic rings. The molecule has 0 aromatic heterocycles. The number of benzene rings is 1. The summed E-state index contributed by atoms with van der Waals surface area (Å²) in [6.07, 6.45) is 2.64. The van der Waals surface area contributed by atoms with Gasteiger partial charge in [-0.25, -0.2) is 0 Å². The van der Waals surface area contributed by atoms with Crippen molar-refractivity contribution in [3.63, 3.8) is 0 Å². The van der Waals surface area contributed by atoms with Crippen molar-refractivity contribution in [2.45, 2.75) is 32.0 Å². The van der Waals surface area contributed by atoms with E-state index < -0.39 is 5.79 Å². The molecule has 0 N–H and O–H groups in total. The Labute approximate surface area is 159 Å². The molecule has 0 unspecified atom stereocenters. The Balaban J connectivity index is 1.70. The number of ether oxygens (including phenoxy) is 3. The van der Waals surface area contributed by atoms with Gasteiger partial charge in [-0.15, -0.1) is 0 Å². The van der Waals surface area contributed by atoms with Gasteiger partial charge >= 0.3 is 0 Å². The first kappa shape index (κ1) is 18.4. The molecule has 1 aromatic rings. The second-order valence-electron chi connectivity index (χ2n) is 7.11. The monoisotopic (exact) mass is 374 g/mol. The van der Waals surface area contributed by atoms with Crippen molar-refractivity contribution < 1.29 is 23.8 Å². The fourth-order valence-corrected chi connectivity index (χ4v) is 3.87. The second-order valence-corrected chi connectivity index (χ2v) is 7.11. The molecule has 3 heterocycles. The molecule has 0 aliphatic carbocycles. The Morgan fingerprint density at radius 3 is 2.59 bits per heavy atom. The molecular weight excluding hydrogens is 348 g/mol. The van der Waals surface area contributed by atoms with Crippen molar-refractivity contribution in [1.82, 2.24) is 4.90 Å². The molecule has 0 atom stereocenters. The van der Waals surface area contributed by atoms with E-state index in [2.05, 4.69) is 6.92 Å². The number of nitrogens with zero attached hydrogens (tertiary/aromatic N) is 2. The first-order valence-corrected chi connectivity index (χ1v) is 9.79. The van der Waals surface area contributed by atoms with Gasteiger partial charge in [0.1, 0.15) is 0 Å². The minimum absolute atomic E-state index is 0.0495. The van der Waals surface area contributed by atoms with Crippen molar-refractivity contribution in [2.24, 2.45) is 0 Å². The van der Waals surface area contributed by atoms with Crippen LogP contribution >= 0.6 is 0 Å². The number of carbonyl (C=O) groups excluding carboxylic acids is 2. The molecule has 4 rings (SSSR count). The van der Waals surface area contributed by atoms with E-state index in [1.807, 2.05) is 6.07 Å². The lowest BCUT2D eigenvalue weighted by Gasteiger charge is -2.32.